The summed E-state index contributed by atoms with van der Waals surface area (Å²) in [6, 6.07) is 9.17. The molecule has 0 aromatic heterocycles. The second-order valence-electron chi connectivity index (χ2n) is 5.23. The Hall–Kier alpha value is -0.900. The molecule has 1 N–H and O–H groups in total. The average Bonchev–Trinajstić information content (AvgIpc) is 2.47. The van der Waals surface area contributed by atoms with E-state index in [0.717, 1.165) is 13.0 Å². The maximum Gasteiger partial charge on any atom is 0.106 e. The SMILES string of the molecule is COCC(OC)c1ccccc1CC1CCCCN1. The summed E-state index contributed by atoms with van der Waals surface area (Å²) < 4.78 is 10.8. The van der Waals surface area contributed by atoms with Gasteiger partial charge in [-0.3, -0.25) is 0 Å². The van der Waals surface area contributed by atoms with Crippen LogP contribution in [0.3, 0.4) is 0 Å². The molecule has 2 atom stereocenters. The van der Waals surface area contributed by atoms with E-state index in [0.29, 0.717) is 12.6 Å². The first-order chi connectivity index (χ1) is 9.35. The fourth-order valence-corrected chi connectivity index (χ4v) is 2.83. The molecule has 1 fully saturated rings. The minimum Gasteiger partial charge on any atom is -0.382 e. The molecule has 1 heterocycles. The summed E-state index contributed by atoms with van der Waals surface area (Å²) in [5, 5.41) is 3.61. The van der Waals surface area contributed by atoms with Crippen LogP contribution < -0.4 is 5.32 Å². The lowest BCUT2D eigenvalue weighted by atomic mass is 9.93. The van der Waals surface area contributed by atoms with Crippen molar-refractivity contribution in [2.45, 2.75) is 37.8 Å². The quantitative estimate of drug-likeness (QED) is 0.856. The van der Waals surface area contributed by atoms with Crippen molar-refractivity contribution in [2.75, 3.05) is 27.4 Å². The van der Waals surface area contributed by atoms with E-state index < -0.39 is 0 Å². The molecule has 19 heavy (non-hydrogen) atoms. The molecule has 0 radical (unpaired) electrons. The minimum atomic E-state index is 0.0322. The van der Waals surface area contributed by atoms with E-state index in [-0.39, 0.29) is 6.10 Å². The van der Waals surface area contributed by atoms with Gasteiger partial charge < -0.3 is 14.8 Å². The summed E-state index contributed by atoms with van der Waals surface area (Å²) in [5.74, 6) is 0. The zero-order chi connectivity index (χ0) is 13.5. The summed E-state index contributed by atoms with van der Waals surface area (Å²) in [4.78, 5) is 0. The van der Waals surface area contributed by atoms with E-state index in [1.54, 1.807) is 14.2 Å². The third-order valence-corrected chi connectivity index (χ3v) is 3.88. The van der Waals surface area contributed by atoms with Gasteiger partial charge in [0, 0.05) is 20.3 Å². The number of hydrogen-bond acceptors (Lipinski definition) is 3. The molecule has 0 saturated carbocycles. The first-order valence-electron chi connectivity index (χ1n) is 7.18. The van der Waals surface area contributed by atoms with Crippen LogP contribution in [0.1, 0.15) is 36.5 Å². The van der Waals surface area contributed by atoms with Gasteiger partial charge in [-0.05, 0) is 36.9 Å². The molecule has 2 rings (SSSR count). The van der Waals surface area contributed by atoms with Crippen molar-refractivity contribution in [1.29, 1.82) is 0 Å². The van der Waals surface area contributed by atoms with Crippen molar-refractivity contribution >= 4 is 0 Å². The molecule has 1 saturated heterocycles. The zero-order valence-corrected chi connectivity index (χ0v) is 12.0. The average molecular weight is 263 g/mol. The van der Waals surface area contributed by atoms with Gasteiger partial charge in [-0.1, -0.05) is 30.7 Å². The normalized spacial score (nSPS) is 21.3. The summed E-state index contributed by atoms with van der Waals surface area (Å²) in [7, 11) is 3.47. The van der Waals surface area contributed by atoms with Gasteiger partial charge in [0.05, 0.1) is 6.61 Å². The highest BCUT2D eigenvalue weighted by Gasteiger charge is 2.18. The largest absolute Gasteiger partial charge is 0.382 e. The van der Waals surface area contributed by atoms with Crippen molar-refractivity contribution in [2.24, 2.45) is 0 Å². The Morgan fingerprint density at radius 2 is 2.11 bits per heavy atom. The Balaban J connectivity index is 2.10. The predicted molar refractivity (Wildman–Crippen MR) is 77.4 cm³/mol. The van der Waals surface area contributed by atoms with Gasteiger partial charge in [-0.2, -0.15) is 0 Å². The molecule has 0 amide bonds. The molecule has 1 aliphatic rings. The highest BCUT2D eigenvalue weighted by Crippen LogP contribution is 2.24. The van der Waals surface area contributed by atoms with Crippen molar-refractivity contribution in [1.82, 2.24) is 5.32 Å². The monoisotopic (exact) mass is 263 g/mol. The third kappa shape index (κ3) is 4.03. The number of ether oxygens (including phenoxy) is 2. The van der Waals surface area contributed by atoms with Crippen LogP contribution in [-0.4, -0.2) is 33.4 Å². The van der Waals surface area contributed by atoms with Gasteiger partial charge in [-0.15, -0.1) is 0 Å². The maximum atomic E-state index is 5.56. The lowest BCUT2D eigenvalue weighted by Gasteiger charge is -2.26. The van der Waals surface area contributed by atoms with E-state index in [1.165, 1.54) is 30.4 Å². The van der Waals surface area contributed by atoms with Gasteiger partial charge in [0.1, 0.15) is 6.10 Å². The Kier molecular flexibility index (Phi) is 5.83. The standard InChI is InChI=1S/C16H25NO2/c1-18-12-16(19-2)15-9-4-3-7-13(15)11-14-8-5-6-10-17-14/h3-4,7,9,14,16-17H,5-6,8,10-12H2,1-2H3. The van der Waals surface area contributed by atoms with Crippen molar-refractivity contribution in [3.8, 4) is 0 Å². The summed E-state index contributed by atoms with van der Waals surface area (Å²) in [5.41, 5.74) is 2.64. The summed E-state index contributed by atoms with van der Waals surface area (Å²) in [6.07, 6.45) is 5.04. The van der Waals surface area contributed by atoms with Gasteiger partial charge in [0.15, 0.2) is 0 Å². The smallest absolute Gasteiger partial charge is 0.106 e. The molecule has 1 aromatic carbocycles. The van der Waals surface area contributed by atoms with E-state index in [1.807, 2.05) is 0 Å². The molecule has 2 unspecified atom stereocenters. The maximum absolute atomic E-state index is 5.56. The van der Waals surface area contributed by atoms with Gasteiger partial charge in [-0.25, -0.2) is 0 Å². The topological polar surface area (TPSA) is 30.5 Å². The fraction of sp³-hybridized carbons (Fsp3) is 0.625. The first kappa shape index (κ1) is 14.5. The number of benzene rings is 1. The molecule has 106 valence electrons. The van der Waals surface area contributed by atoms with Crippen molar-refractivity contribution in [3.63, 3.8) is 0 Å². The van der Waals surface area contributed by atoms with Crippen molar-refractivity contribution < 1.29 is 9.47 Å². The van der Waals surface area contributed by atoms with Crippen LogP contribution in [0, 0.1) is 0 Å². The summed E-state index contributed by atoms with van der Waals surface area (Å²) >= 11 is 0. The minimum absolute atomic E-state index is 0.0322. The van der Waals surface area contributed by atoms with Crippen LogP contribution in [0.15, 0.2) is 24.3 Å². The number of hydrogen-bond donors (Lipinski definition) is 1. The van der Waals surface area contributed by atoms with E-state index in [9.17, 15) is 0 Å². The van der Waals surface area contributed by atoms with E-state index >= 15 is 0 Å². The highest BCUT2D eigenvalue weighted by atomic mass is 16.5. The second-order valence-corrected chi connectivity index (χ2v) is 5.23. The molecule has 3 heteroatoms. The molecule has 1 aromatic rings. The highest BCUT2D eigenvalue weighted by molar-refractivity contribution is 5.30. The van der Waals surface area contributed by atoms with Crippen LogP contribution >= 0.6 is 0 Å². The molecule has 0 bridgehead atoms. The Labute approximate surface area is 116 Å². The number of nitrogens with one attached hydrogen (secondary N) is 1. The molecule has 0 spiro atoms. The van der Waals surface area contributed by atoms with E-state index in [4.69, 9.17) is 9.47 Å². The molecule has 0 aliphatic carbocycles. The Morgan fingerprint density at radius 3 is 2.79 bits per heavy atom. The van der Waals surface area contributed by atoms with E-state index in [2.05, 4.69) is 29.6 Å². The number of methoxy groups -OCH3 is 2. The Bertz CT molecular complexity index is 375. The van der Waals surface area contributed by atoms with Gasteiger partial charge in [0.2, 0.25) is 0 Å². The lowest BCUT2D eigenvalue weighted by Crippen LogP contribution is -2.36. The fourth-order valence-electron chi connectivity index (χ4n) is 2.83. The number of piperidine rings is 1. The van der Waals surface area contributed by atoms with Crippen LogP contribution in [0.4, 0.5) is 0 Å². The number of rotatable bonds is 6. The molecule has 1 aliphatic heterocycles. The Morgan fingerprint density at radius 1 is 1.26 bits per heavy atom. The van der Waals surface area contributed by atoms with Crippen LogP contribution in [0.2, 0.25) is 0 Å². The predicted octanol–water partition coefficient (Wildman–Crippen LogP) is 2.71. The van der Waals surface area contributed by atoms with Crippen molar-refractivity contribution in [3.05, 3.63) is 35.4 Å². The molecular formula is C16H25NO2. The summed E-state index contributed by atoms with van der Waals surface area (Å²) in [6.45, 7) is 1.75. The van der Waals surface area contributed by atoms with Crippen LogP contribution in [-0.2, 0) is 15.9 Å². The first-order valence-corrected chi connectivity index (χ1v) is 7.18. The second kappa shape index (κ2) is 7.63. The molecule has 3 nitrogen and oxygen atoms in total. The lowest BCUT2D eigenvalue weighted by molar-refractivity contribution is 0.0269. The van der Waals surface area contributed by atoms with Crippen LogP contribution in [0.5, 0.6) is 0 Å². The molecular weight excluding hydrogens is 238 g/mol. The third-order valence-electron chi connectivity index (χ3n) is 3.88. The van der Waals surface area contributed by atoms with Crippen LogP contribution in [0.25, 0.3) is 0 Å². The van der Waals surface area contributed by atoms with Gasteiger partial charge in [0.25, 0.3) is 0 Å². The zero-order valence-electron chi connectivity index (χ0n) is 12.0. The van der Waals surface area contributed by atoms with Gasteiger partial charge >= 0.3 is 0 Å².